The number of anilines is 1. The van der Waals surface area contributed by atoms with Gasteiger partial charge in [-0.15, -0.1) is 0 Å². The van der Waals surface area contributed by atoms with Gasteiger partial charge in [-0.1, -0.05) is 79.7 Å². The molecule has 0 unspecified atom stereocenters. The highest BCUT2D eigenvalue weighted by Gasteiger charge is 2.39. The fraction of sp³-hybridized carbons (Fsp3) is 0.279. The monoisotopic (exact) mass is 802 g/mol. The van der Waals surface area contributed by atoms with Crippen LogP contribution in [0.5, 0.6) is 0 Å². The first-order chi connectivity index (χ1) is 27.9. The Morgan fingerprint density at radius 3 is 2.02 bits per heavy atom. The summed E-state index contributed by atoms with van der Waals surface area (Å²) < 4.78 is 83.0. The Hall–Kier alpha value is -5.74. The van der Waals surface area contributed by atoms with Gasteiger partial charge in [0.05, 0.1) is 23.7 Å². The molecule has 2 N–H and O–H groups in total. The smallest absolute Gasteiger partial charge is 0.269 e. The van der Waals surface area contributed by atoms with Crippen molar-refractivity contribution in [3.63, 3.8) is 0 Å². The summed E-state index contributed by atoms with van der Waals surface area (Å²) in [4.78, 5) is 27.9. The third kappa shape index (κ3) is 8.43. The standard InChI is InChI=1S/C43H39F5N4O6/c1-25-34(23-50-18-20-51(21-19-50)31-14-16-32(17-15-31)52(55)56)57-43(58-41(25)28-8-6-26(24-53)7-9-28)29-12-10-27(11-13-29)33-5-3-2-4-30(33)22-49-42(54)35-36(44)38(46)40(48)39(47)37(35)45/h2-17,25,34,41,43,53H,18-24H2,1H3,(H,49,54)/t25-,34+,41+,43+/m0/s1. The van der Waals surface area contributed by atoms with Gasteiger partial charge in [-0.25, -0.2) is 22.0 Å². The number of aliphatic hydroxyl groups is 1. The van der Waals surface area contributed by atoms with Crippen LogP contribution in [0.4, 0.5) is 33.3 Å². The van der Waals surface area contributed by atoms with Gasteiger partial charge in [0.1, 0.15) is 5.56 Å². The molecule has 2 aliphatic heterocycles. The predicted octanol–water partition coefficient (Wildman–Crippen LogP) is 7.99. The fourth-order valence-electron chi connectivity index (χ4n) is 7.40. The summed E-state index contributed by atoms with van der Waals surface area (Å²) >= 11 is 0. The van der Waals surface area contributed by atoms with Crippen molar-refractivity contribution < 1.29 is 46.3 Å². The zero-order valence-electron chi connectivity index (χ0n) is 31.2. The number of nitro benzene ring substituents is 1. The Bertz CT molecular complexity index is 2240. The molecule has 7 rings (SSSR count). The number of carbonyl (C=O) groups is 1. The highest BCUT2D eigenvalue weighted by atomic mass is 19.2. The number of halogens is 5. The molecule has 0 aromatic heterocycles. The summed E-state index contributed by atoms with van der Waals surface area (Å²) in [6, 6.07) is 28.4. The van der Waals surface area contributed by atoms with Crippen LogP contribution in [-0.4, -0.2) is 59.7 Å². The number of nitrogens with zero attached hydrogens (tertiary/aromatic N) is 3. The highest BCUT2D eigenvalue weighted by Crippen LogP contribution is 2.42. The second kappa shape index (κ2) is 17.4. The molecule has 0 spiro atoms. The first-order valence-electron chi connectivity index (χ1n) is 18.6. The van der Waals surface area contributed by atoms with Crippen molar-refractivity contribution >= 4 is 17.3 Å². The second-order valence-corrected chi connectivity index (χ2v) is 14.3. The summed E-state index contributed by atoms with van der Waals surface area (Å²) in [6.45, 7) is 5.31. The third-order valence-corrected chi connectivity index (χ3v) is 10.7. The molecule has 2 aliphatic rings. The quantitative estimate of drug-likeness (QED) is 0.0454. The average molecular weight is 803 g/mol. The van der Waals surface area contributed by atoms with Gasteiger partial charge in [-0.2, -0.15) is 0 Å². The lowest BCUT2D eigenvalue weighted by Gasteiger charge is -2.44. The first kappa shape index (κ1) is 40.5. The molecular weight excluding hydrogens is 763 g/mol. The fourth-order valence-corrected chi connectivity index (χ4v) is 7.40. The molecule has 2 saturated heterocycles. The molecule has 2 heterocycles. The number of amides is 1. The van der Waals surface area contributed by atoms with E-state index in [0.29, 0.717) is 23.2 Å². The van der Waals surface area contributed by atoms with Crippen LogP contribution in [0.3, 0.4) is 0 Å². The number of carbonyl (C=O) groups excluding carboxylic acids is 1. The maximum atomic E-state index is 14.3. The van der Waals surface area contributed by atoms with Crippen LogP contribution >= 0.6 is 0 Å². The van der Waals surface area contributed by atoms with Crippen molar-refractivity contribution in [3.05, 3.63) is 164 Å². The molecule has 5 aromatic carbocycles. The number of benzene rings is 5. The van der Waals surface area contributed by atoms with E-state index in [2.05, 4.69) is 22.0 Å². The van der Waals surface area contributed by atoms with E-state index in [4.69, 9.17) is 9.47 Å². The van der Waals surface area contributed by atoms with E-state index in [9.17, 15) is 42.0 Å². The topological polar surface area (TPSA) is 117 Å². The Kier molecular flexibility index (Phi) is 12.1. The normalized spacial score (nSPS) is 19.9. The zero-order valence-corrected chi connectivity index (χ0v) is 31.2. The molecule has 0 saturated carbocycles. The number of hydrogen-bond donors (Lipinski definition) is 2. The number of aliphatic hydroxyl groups excluding tert-OH is 1. The number of non-ortho nitro benzene ring substituents is 1. The lowest BCUT2D eigenvalue weighted by molar-refractivity contribution is -0.384. The molecule has 4 atom stereocenters. The molecule has 0 radical (unpaired) electrons. The van der Waals surface area contributed by atoms with Crippen molar-refractivity contribution in [1.29, 1.82) is 0 Å². The Morgan fingerprint density at radius 1 is 0.793 bits per heavy atom. The van der Waals surface area contributed by atoms with Gasteiger partial charge in [0, 0.05) is 68.6 Å². The van der Waals surface area contributed by atoms with Crippen LogP contribution in [0.1, 0.15) is 51.9 Å². The van der Waals surface area contributed by atoms with E-state index in [1.54, 1.807) is 36.4 Å². The Labute approximate surface area is 330 Å². The van der Waals surface area contributed by atoms with Crippen LogP contribution in [0.2, 0.25) is 0 Å². The SMILES string of the molecule is C[C@H]1[C@@H](CN2CCN(c3ccc([N+](=O)[O-])cc3)CC2)O[C@@H](c2ccc(-c3ccccc3CNC(=O)c3c(F)c(F)c(F)c(F)c3F)cc2)O[C@H]1c1ccc(CO)cc1. The molecule has 5 aromatic rings. The molecular formula is C43H39F5N4O6. The number of piperazine rings is 1. The van der Waals surface area contributed by atoms with Gasteiger partial charge in [-0.05, 0) is 39.9 Å². The van der Waals surface area contributed by atoms with E-state index in [1.807, 2.05) is 48.5 Å². The van der Waals surface area contributed by atoms with Crippen LogP contribution in [0.15, 0.2) is 97.1 Å². The summed E-state index contributed by atoms with van der Waals surface area (Å²) in [7, 11) is 0. The maximum absolute atomic E-state index is 14.3. The third-order valence-electron chi connectivity index (χ3n) is 10.7. The number of rotatable bonds is 11. The molecule has 58 heavy (non-hydrogen) atoms. The summed E-state index contributed by atoms with van der Waals surface area (Å²) in [5, 5.41) is 23.0. The van der Waals surface area contributed by atoms with E-state index < -0.39 is 51.8 Å². The van der Waals surface area contributed by atoms with Gasteiger partial charge in [0.15, 0.2) is 29.6 Å². The Balaban J connectivity index is 1.07. The van der Waals surface area contributed by atoms with Crippen molar-refractivity contribution in [3.8, 4) is 11.1 Å². The van der Waals surface area contributed by atoms with Gasteiger partial charge in [-0.3, -0.25) is 19.8 Å². The van der Waals surface area contributed by atoms with Gasteiger partial charge < -0.3 is 24.8 Å². The lowest BCUT2D eigenvalue weighted by Crippen LogP contribution is -2.51. The molecule has 10 nitrogen and oxygen atoms in total. The number of ether oxygens (including phenoxy) is 2. The van der Waals surface area contributed by atoms with Crippen LogP contribution in [0.25, 0.3) is 11.1 Å². The maximum Gasteiger partial charge on any atom is 0.269 e. The average Bonchev–Trinajstić information content (AvgIpc) is 3.25. The molecule has 15 heteroatoms. The summed E-state index contributed by atoms with van der Waals surface area (Å²) in [5.41, 5.74) is 3.73. The minimum absolute atomic E-state index is 0.0459. The second-order valence-electron chi connectivity index (χ2n) is 14.3. The first-order valence-corrected chi connectivity index (χ1v) is 18.6. The van der Waals surface area contributed by atoms with Crippen molar-refractivity contribution in [2.45, 2.75) is 38.6 Å². The molecule has 0 aliphatic carbocycles. The van der Waals surface area contributed by atoms with Gasteiger partial charge in [0.25, 0.3) is 11.6 Å². The Morgan fingerprint density at radius 2 is 1.40 bits per heavy atom. The van der Waals surface area contributed by atoms with Crippen LogP contribution < -0.4 is 10.2 Å². The summed E-state index contributed by atoms with van der Waals surface area (Å²) in [6.07, 6.45) is -1.34. The van der Waals surface area contributed by atoms with Crippen LogP contribution in [-0.2, 0) is 22.6 Å². The van der Waals surface area contributed by atoms with E-state index >= 15 is 0 Å². The van der Waals surface area contributed by atoms with Gasteiger partial charge >= 0.3 is 0 Å². The number of hydrogen-bond acceptors (Lipinski definition) is 8. The molecule has 302 valence electrons. The van der Waals surface area contributed by atoms with Crippen LogP contribution in [0, 0.1) is 45.1 Å². The van der Waals surface area contributed by atoms with E-state index in [1.165, 1.54) is 12.1 Å². The minimum atomic E-state index is -2.35. The van der Waals surface area contributed by atoms with E-state index in [-0.39, 0.29) is 37.0 Å². The van der Waals surface area contributed by atoms with Gasteiger partial charge in [0.2, 0.25) is 5.82 Å². The number of nitrogens with one attached hydrogen (secondary N) is 1. The minimum Gasteiger partial charge on any atom is -0.392 e. The van der Waals surface area contributed by atoms with E-state index in [0.717, 1.165) is 48.6 Å². The lowest BCUT2D eigenvalue weighted by atomic mass is 9.89. The zero-order chi connectivity index (χ0) is 41.1. The molecule has 0 bridgehead atoms. The van der Waals surface area contributed by atoms with Crippen molar-refractivity contribution in [2.24, 2.45) is 5.92 Å². The van der Waals surface area contributed by atoms with Crippen molar-refractivity contribution in [1.82, 2.24) is 10.2 Å². The van der Waals surface area contributed by atoms with Crippen molar-refractivity contribution in [2.75, 3.05) is 37.6 Å². The largest absolute Gasteiger partial charge is 0.392 e. The summed E-state index contributed by atoms with van der Waals surface area (Å²) in [5.74, 6) is -12.7. The molecule has 1 amide bonds. The molecule has 2 fully saturated rings. The number of nitro groups is 1. The highest BCUT2D eigenvalue weighted by molar-refractivity contribution is 5.95. The predicted molar refractivity (Wildman–Crippen MR) is 204 cm³/mol.